The zero-order chi connectivity index (χ0) is 24.8. The molecule has 0 saturated carbocycles. The molecule has 0 atom stereocenters. The van der Waals surface area contributed by atoms with Crippen LogP contribution in [-0.2, 0) is 9.59 Å². The van der Waals surface area contributed by atoms with Crippen LogP contribution < -0.4 is 20.2 Å². The summed E-state index contributed by atoms with van der Waals surface area (Å²) in [6.45, 7) is 0. The van der Waals surface area contributed by atoms with E-state index >= 15 is 0 Å². The summed E-state index contributed by atoms with van der Waals surface area (Å²) in [5.74, 6) is -1.65. The Labute approximate surface area is 209 Å². The van der Waals surface area contributed by atoms with Crippen molar-refractivity contribution in [2.75, 3.05) is 12.4 Å². The zero-order valence-electron chi connectivity index (χ0n) is 18.3. The van der Waals surface area contributed by atoms with E-state index in [1.165, 1.54) is 24.7 Å². The van der Waals surface area contributed by atoms with Gasteiger partial charge >= 0.3 is 17.8 Å². The fraction of sp³-hybridized carbons (Fsp3) is 0.0400. The number of nitrogens with zero attached hydrogens (tertiary/aromatic N) is 1. The third kappa shape index (κ3) is 5.65. The van der Waals surface area contributed by atoms with E-state index in [1.807, 2.05) is 24.3 Å². The number of rotatable bonds is 6. The fourth-order valence-corrected chi connectivity index (χ4v) is 4.45. The number of esters is 1. The van der Waals surface area contributed by atoms with Gasteiger partial charge in [0, 0.05) is 10.1 Å². The molecule has 0 aliphatic rings. The van der Waals surface area contributed by atoms with E-state index in [0.29, 0.717) is 32.6 Å². The molecule has 0 bridgehead atoms. The number of para-hydroxylation sites is 2. The molecule has 0 spiro atoms. The van der Waals surface area contributed by atoms with Gasteiger partial charge in [-0.1, -0.05) is 41.9 Å². The number of hydrogen-bond acceptors (Lipinski definition) is 7. The highest BCUT2D eigenvalue weighted by Gasteiger charge is 2.19. The Kier molecular flexibility index (Phi) is 7.39. The van der Waals surface area contributed by atoms with E-state index in [1.54, 1.807) is 48.5 Å². The third-order valence-corrected chi connectivity index (χ3v) is 6.41. The van der Waals surface area contributed by atoms with Crippen molar-refractivity contribution in [1.82, 2.24) is 5.43 Å². The van der Waals surface area contributed by atoms with Gasteiger partial charge in [0.2, 0.25) is 0 Å². The quantitative estimate of drug-likeness (QED) is 0.127. The van der Waals surface area contributed by atoms with Crippen LogP contribution in [0.4, 0.5) is 5.69 Å². The van der Waals surface area contributed by atoms with Crippen LogP contribution in [0.15, 0.2) is 77.9 Å². The summed E-state index contributed by atoms with van der Waals surface area (Å²) in [4.78, 5) is 36.9. The van der Waals surface area contributed by atoms with Crippen molar-refractivity contribution in [3.63, 3.8) is 0 Å². The molecular weight excluding hydrogens is 490 g/mol. The highest BCUT2D eigenvalue weighted by molar-refractivity contribution is 7.21. The zero-order valence-corrected chi connectivity index (χ0v) is 19.9. The molecule has 0 saturated heterocycles. The number of methoxy groups -OCH3 is 1. The summed E-state index contributed by atoms with van der Waals surface area (Å²) >= 11 is 7.60. The Hall–Kier alpha value is -4.21. The Balaban J connectivity index is 1.32. The van der Waals surface area contributed by atoms with Crippen molar-refractivity contribution in [2.24, 2.45) is 5.10 Å². The number of thiophene rings is 1. The topological polar surface area (TPSA) is 106 Å². The summed E-state index contributed by atoms with van der Waals surface area (Å²) in [6.07, 6.45) is 1.35. The number of amides is 2. The van der Waals surface area contributed by atoms with Gasteiger partial charge < -0.3 is 14.8 Å². The number of carbonyl (C=O) groups is 3. The van der Waals surface area contributed by atoms with Crippen molar-refractivity contribution in [3.05, 3.63) is 88.3 Å². The first-order valence-electron chi connectivity index (χ1n) is 10.2. The first-order valence-corrected chi connectivity index (χ1v) is 11.4. The summed E-state index contributed by atoms with van der Waals surface area (Å²) in [7, 11) is 1.46. The minimum atomic E-state index is -0.946. The molecule has 0 radical (unpaired) electrons. The van der Waals surface area contributed by atoms with E-state index in [-0.39, 0.29) is 0 Å². The Morgan fingerprint density at radius 2 is 1.66 bits per heavy atom. The minimum Gasteiger partial charge on any atom is -0.495 e. The van der Waals surface area contributed by atoms with Crippen molar-refractivity contribution in [3.8, 4) is 11.5 Å². The average molecular weight is 508 g/mol. The number of halogens is 1. The monoisotopic (exact) mass is 507 g/mol. The first-order chi connectivity index (χ1) is 17.0. The number of hydrogen-bond donors (Lipinski definition) is 2. The maximum atomic E-state index is 12.6. The smallest absolute Gasteiger partial charge is 0.355 e. The van der Waals surface area contributed by atoms with E-state index in [9.17, 15) is 14.4 Å². The van der Waals surface area contributed by atoms with E-state index in [0.717, 1.165) is 10.1 Å². The van der Waals surface area contributed by atoms with Gasteiger partial charge in [0.05, 0.1) is 24.0 Å². The number of nitrogens with one attached hydrogen (secondary N) is 2. The van der Waals surface area contributed by atoms with Gasteiger partial charge in [0.25, 0.3) is 0 Å². The molecule has 35 heavy (non-hydrogen) atoms. The van der Waals surface area contributed by atoms with Crippen molar-refractivity contribution in [2.45, 2.75) is 0 Å². The molecule has 0 fully saturated rings. The molecule has 0 aliphatic heterocycles. The number of benzene rings is 3. The molecule has 0 unspecified atom stereocenters. The Morgan fingerprint density at radius 1 is 0.943 bits per heavy atom. The van der Waals surface area contributed by atoms with Crippen LogP contribution in [0.3, 0.4) is 0 Å². The minimum absolute atomic E-state index is 0.320. The molecule has 2 amide bonds. The largest absolute Gasteiger partial charge is 0.495 e. The van der Waals surface area contributed by atoms with Gasteiger partial charge in [0.15, 0.2) is 0 Å². The summed E-state index contributed by atoms with van der Waals surface area (Å²) in [6, 6.07) is 20.6. The molecule has 1 aromatic heterocycles. The lowest BCUT2D eigenvalue weighted by atomic mass is 10.2. The van der Waals surface area contributed by atoms with Gasteiger partial charge in [-0.15, -0.1) is 11.3 Å². The number of anilines is 1. The van der Waals surface area contributed by atoms with Crippen LogP contribution in [0.5, 0.6) is 11.5 Å². The predicted molar refractivity (Wildman–Crippen MR) is 136 cm³/mol. The van der Waals surface area contributed by atoms with Gasteiger partial charge in [0.1, 0.15) is 16.4 Å². The molecule has 176 valence electrons. The molecule has 4 rings (SSSR count). The maximum Gasteiger partial charge on any atom is 0.355 e. The first kappa shape index (κ1) is 23.9. The van der Waals surface area contributed by atoms with Crippen LogP contribution in [0.2, 0.25) is 5.02 Å². The summed E-state index contributed by atoms with van der Waals surface area (Å²) in [5.41, 5.74) is 3.12. The second-order valence-corrected chi connectivity index (χ2v) is 8.48. The lowest BCUT2D eigenvalue weighted by molar-refractivity contribution is -0.136. The molecule has 3 aromatic carbocycles. The lowest BCUT2D eigenvalue weighted by Crippen LogP contribution is -2.32. The Bertz CT molecular complexity index is 1430. The third-order valence-electron chi connectivity index (χ3n) is 4.75. The molecule has 10 heteroatoms. The van der Waals surface area contributed by atoms with E-state index in [2.05, 4.69) is 15.8 Å². The second kappa shape index (κ2) is 10.8. The molecule has 8 nitrogen and oxygen atoms in total. The SMILES string of the molecule is COc1ccccc1NC(=O)C(=O)NN=Cc1ccc(OC(=O)c2sc3ccccc3c2Cl)cc1. The highest BCUT2D eigenvalue weighted by atomic mass is 35.5. The van der Waals surface area contributed by atoms with Crippen molar-refractivity contribution < 1.29 is 23.9 Å². The van der Waals surface area contributed by atoms with E-state index in [4.69, 9.17) is 21.1 Å². The van der Waals surface area contributed by atoms with Crippen LogP contribution in [0, 0.1) is 0 Å². The fourth-order valence-electron chi connectivity index (χ4n) is 3.06. The lowest BCUT2D eigenvalue weighted by Gasteiger charge is -2.08. The van der Waals surface area contributed by atoms with Gasteiger partial charge in [-0.05, 0) is 48.0 Å². The standard InChI is InChI=1S/C25H18ClN3O5S/c1-33-19-8-4-3-7-18(19)28-23(30)24(31)29-27-14-15-10-12-16(13-11-15)34-25(32)22-21(26)17-6-2-5-9-20(17)35-22/h2-14H,1H3,(H,28,30)(H,29,31). The van der Waals surface area contributed by atoms with Gasteiger partial charge in [-0.25, -0.2) is 10.2 Å². The number of carbonyl (C=O) groups excluding carboxylic acids is 3. The van der Waals surface area contributed by atoms with Crippen molar-refractivity contribution in [1.29, 1.82) is 0 Å². The second-order valence-electron chi connectivity index (χ2n) is 7.05. The van der Waals surface area contributed by atoms with Gasteiger partial charge in [-0.2, -0.15) is 5.10 Å². The number of fused-ring (bicyclic) bond motifs is 1. The van der Waals surface area contributed by atoms with Crippen LogP contribution in [0.1, 0.15) is 15.2 Å². The summed E-state index contributed by atoms with van der Waals surface area (Å²) in [5, 5.41) is 7.40. The highest BCUT2D eigenvalue weighted by Crippen LogP contribution is 2.35. The number of hydrazone groups is 1. The number of ether oxygens (including phenoxy) is 2. The summed E-state index contributed by atoms with van der Waals surface area (Å²) < 4.78 is 11.5. The average Bonchev–Trinajstić information content (AvgIpc) is 3.22. The normalized spacial score (nSPS) is 10.8. The van der Waals surface area contributed by atoms with Crippen LogP contribution >= 0.6 is 22.9 Å². The Morgan fingerprint density at radius 3 is 2.40 bits per heavy atom. The molecule has 0 aliphatic carbocycles. The van der Waals surface area contributed by atoms with Crippen LogP contribution in [-0.4, -0.2) is 31.1 Å². The molecule has 2 N–H and O–H groups in total. The van der Waals surface area contributed by atoms with Crippen LogP contribution in [0.25, 0.3) is 10.1 Å². The molecular formula is C25H18ClN3O5S. The predicted octanol–water partition coefficient (Wildman–Crippen LogP) is 4.87. The van der Waals surface area contributed by atoms with Crippen molar-refractivity contribution >= 4 is 62.7 Å². The van der Waals surface area contributed by atoms with E-state index < -0.39 is 17.8 Å². The molecule has 1 heterocycles. The van der Waals surface area contributed by atoms with Gasteiger partial charge in [-0.3, -0.25) is 9.59 Å². The molecule has 4 aromatic rings. The maximum absolute atomic E-state index is 12.6.